The maximum Gasteiger partial charge on any atom is 0.298 e. The van der Waals surface area contributed by atoms with Crippen molar-refractivity contribution in [3.63, 3.8) is 0 Å². The molecule has 0 aliphatic carbocycles. The zero-order chi connectivity index (χ0) is 16.5. The van der Waals surface area contributed by atoms with Crippen molar-refractivity contribution in [2.75, 3.05) is 24.5 Å². The first-order valence-corrected chi connectivity index (χ1v) is 8.59. The van der Waals surface area contributed by atoms with Gasteiger partial charge < -0.3 is 14.6 Å². The van der Waals surface area contributed by atoms with Crippen LogP contribution in [0.25, 0.3) is 11.1 Å². The zero-order valence-corrected chi connectivity index (χ0v) is 14.2. The lowest BCUT2D eigenvalue weighted by Crippen LogP contribution is -2.51. The molecule has 1 aromatic heterocycles. The van der Waals surface area contributed by atoms with Gasteiger partial charge in [-0.3, -0.25) is 0 Å². The lowest BCUT2D eigenvalue weighted by Gasteiger charge is -2.32. The number of hydrogen-bond donors (Lipinski definition) is 1. The third-order valence-corrected chi connectivity index (χ3v) is 4.66. The van der Waals surface area contributed by atoms with E-state index in [1.165, 1.54) is 11.1 Å². The van der Waals surface area contributed by atoms with Crippen LogP contribution in [0.3, 0.4) is 0 Å². The van der Waals surface area contributed by atoms with E-state index in [9.17, 15) is 0 Å². The molecule has 2 aromatic carbocycles. The Morgan fingerprint density at radius 3 is 2.88 bits per heavy atom. The first-order valence-electron chi connectivity index (χ1n) is 8.59. The molecule has 1 N–H and O–H groups in total. The number of aromatic nitrogens is 1. The fourth-order valence-corrected chi connectivity index (χ4v) is 3.53. The summed E-state index contributed by atoms with van der Waals surface area (Å²) >= 11 is 0. The Kier molecular flexibility index (Phi) is 3.98. The van der Waals surface area contributed by atoms with Gasteiger partial charge in [-0.2, -0.15) is 4.98 Å². The third-order valence-electron chi connectivity index (χ3n) is 4.66. The molecule has 1 fully saturated rings. The molecule has 0 bridgehead atoms. The second kappa shape index (κ2) is 6.29. The van der Waals surface area contributed by atoms with E-state index in [0.29, 0.717) is 6.04 Å². The predicted molar refractivity (Wildman–Crippen MR) is 97.6 cm³/mol. The minimum atomic E-state index is 0.416. The molecule has 4 heteroatoms. The summed E-state index contributed by atoms with van der Waals surface area (Å²) in [6.07, 6.45) is 1.02. The zero-order valence-electron chi connectivity index (χ0n) is 14.2. The standard InChI is InChI=1S/C20H23N3O/c1-14-10-15(2)19-18(11-14)22-20(24-19)23-9-8-21-17(13-23)12-16-6-4-3-5-7-16/h3-7,10-11,17,21H,8-9,12-13H2,1-2H3. The van der Waals surface area contributed by atoms with Gasteiger partial charge in [-0.1, -0.05) is 36.4 Å². The van der Waals surface area contributed by atoms with Crippen molar-refractivity contribution >= 4 is 17.1 Å². The molecule has 4 nitrogen and oxygen atoms in total. The van der Waals surface area contributed by atoms with Gasteiger partial charge in [-0.15, -0.1) is 0 Å². The van der Waals surface area contributed by atoms with Gasteiger partial charge in [-0.25, -0.2) is 0 Å². The molecule has 1 atom stereocenters. The monoisotopic (exact) mass is 321 g/mol. The summed E-state index contributed by atoms with van der Waals surface area (Å²) < 4.78 is 6.08. The van der Waals surface area contributed by atoms with E-state index in [1.54, 1.807) is 0 Å². The van der Waals surface area contributed by atoms with Crippen molar-refractivity contribution in [3.05, 3.63) is 59.2 Å². The number of oxazole rings is 1. The minimum Gasteiger partial charge on any atom is -0.423 e. The van der Waals surface area contributed by atoms with Gasteiger partial charge in [0.15, 0.2) is 5.58 Å². The van der Waals surface area contributed by atoms with Crippen LogP contribution in [-0.4, -0.2) is 30.7 Å². The Morgan fingerprint density at radius 1 is 1.21 bits per heavy atom. The first-order chi connectivity index (χ1) is 11.7. The predicted octanol–water partition coefficient (Wildman–Crippen LogP) is 3.47. The highest BCUT2D eigenvalue weighted by Gasteiger charge is 2.23. The van der Waals surface area contributed by atoms with Gasteiger partial charge >= 0.3 is 0 Å². The molecule has 4 rings (SSSR count). The quantitative estimate of drug-likeness (QED) is 0.802. The largest absolute Gasteiger partial charge is 0.423 e. The smallest absolute Gasteiger partial charge is 0.298 e. The van der Waals surface area contributed by atoms with Crippen molar-refractivity contribution in [1.29, 1.82) is 0 Å². The molecule has 124 valence electrons. The molecule has 0 spiro atoms. The average molecular weight is 321 g/mol. The molecule has 1 saturated heterocycles. The topological polar surface area (TPSA) is 41.3 Å². The summed E-state index contributed by atoms with van der Waals surface area (Å²) in [5.41, 5.74) is 5.61. The van der Waals surface area contributed by atoms with Crippen LogP contribution in [0.1, 0.15) is 16.7 Å². The molecular formula is C20H23N3O. The van der Waals surface area contributed by atoms with Crippen LogP contribution < -0.4 is 10.2 Å². The van der Waals surface area contributed by atoms with Gasteiger partial charge in [0.2, 0.25) is 0 Å². The molecule has 0 amide bonds. The Morgan fingerprint density at radius 2 is 2.04 bits per heavy atom. The van der Waals surface area contributed by atoms with Gasteiger partial charge in [0.25, 0.3) is 6.01 Å². The fourth-order valence-electron chi connectivity index (χ4n) is 3.53. The van der Waals surface area contributed by atoms with Crippen molar-refractivity contribution in [1.82, 2.24) is 10.3 Å². The van der Waals surface area contributed by atoms with Crippen LogP contribution in [0.4, 0.5) is 6.01 Å². The summed E-state index contributed by atoms with van der Waals surface area (Å²) in [5, 5.41) is 3.61. The SMILES string of the molecule is Cc1cc(C)c2oc(N3CCNC(Cc4ccccc4)C3)nc2c1. The number of nitrogens with zero attached hydrogens (tertiary/aromatic N) is 2. The molecule has 2 heterocycles. The maximum absolute atomic E-state index is 6.08. The lowest BCUT2D eigenvalue weighted by molar-refractivity contribution is 0.430. The number of fused-ring (bicyclic) bond motifs is 1. The molecule has 24 heavy (non-hydrogen) atoms. The molecule has 1 aliphatic rings. The van der Waals surface area contributed by atoms with Crippen LogP contribution in [0.5, 0.6) is 0 Å². The fraction of sp³-hybridized carbons (Fsp3) is 0.350. The summed E-state index contributed by atoms with van der Waals surface area (Å²) in [6.45, 7) is 6.98. The summed E-state index contributed by atoms with van der Waals surface area (Å²) in [7, 11) is 0. The van der Waals surface area contributed by atoms with Crippen molar-refractivity contribution in [3.8, 4) is 0 Å². The number of benzene rings is 2. The van der Waals surface area contributed by atoms with E-state index in [1.807, 2.05) is 0 Å². The average Bonchev–Trinajstić information content (AvgIpc) is 3.00. The van der Waals surface area contributed by atoms with E-state index >= 15 is 0 Å². The van der Waals surface area contributed by atoms with Crippen molar-refractivity contribution in [2.24, 2.45) is 0 Å². The lowest BCUT2D eigenvalue weighted by atomic mass is 10.0. The number of rotatable bonds is 3. The Labute approximate surface area is 142 Å². The Bertz CT molecular complexity index is 841. The van der Waals surface area contributed by atoms with E-state index in [2.05, 4.69) is 66.5 Å². The van der Waals surface area contributed by atoms with Crippen molar-refractivity contribution < 1.29 is 4.42 Å². The highest BCUT2D eigenvalue weighted by Crippen LogP contribution is 2.26. The van der Waals surface area contributed by atoms with Gasteiger partial charge in [0, 0.05) is 25.7 Å². The summed E-state index contributed by atoms with van der Waals surface area (Å²) in [4.78, 5) is 6.99. The molecule has 0 radical (unpaired) electrons. The molecule has 0 saturated carbocycles. The van der Waals surface area contributed by atoms with Crippen LogP contribution in [0, 0.1) is 13.8 Å². The molecule has 1 unspecified atom stereocenters. The van der Waals surface area contributed by atoms with E-state index in [4.69, 9.17) is 9.40 Å². The highest BCUT2D eigenvalue weighted by atomic mass is 16.4. The van der Waals surface area contributed by atoms with Gasteiger partial charge in [0.05, 0.1) is 0 Å². The van der Waals surface area contributed by atoms with E-state index in [-0.39, 0.29) is 0 Å². The van der Waals surface area contributed by atoms with E-state index in [0.717, 1.165) is 48.7 Å². The Balaban J connectivity index is 1.54. The van der Waals surface area contributed by atoms with Gasteiger partial charge in [0.1, 0.15) is 5.52 Å². The molecule has 3 aromatic rings. The number of hydrogen-bond acceptors (Lipinski definition) is 4. The number of anilines is 1. The maximum atomic E-state index is 6.08. The second-order valence-corrected chi connectivity index (χ2v) is 6.71. The normalized spacial score (nSPS) is 18.2. The highest BCUT2D eigenvalue weighted by molar-refractivity contribution is 5.78. The third kappa shape index (κ3) is 3.02. The van der Waals surface area contributed by atoms with Gasteiger partial charge in [-0.05, 0) is 43.0 Å². The Hall–Kier alpha value is -2.33. The van der Waals surface area contributed by atoms with Crippen molar-refractivity contribution in [2.45, 2.75) is 26.3 Å². The van der Waals surface area contributed by atoms with E-state index < -0.39 is 0 Å². The number of piperazine rings is 1. The van der Waals surface area contributed by atoms with Crippen LogP contribution >= 0.6 is 0 Å². The first kappa shape index (κ1) is 15.2. The summed E-state index contributed by atoms with van der Waals surface area (Å²) in [5.74, 6) is 0. The summed E-state index contributed by atoms with van der Waals surface area (Å²) in [6, 6.07) is 16.0. The van der Waals surface area contributed by atoms with Crippen LogP contribution in [0.15, 0.2) is 46.9 Å². The number of aryl methyl sites for hydroxylation is 2. The van der Waals surface area contributed by atoms with Crippen LogP contribution in [0.2, 0.25) is 0 Å². The molecular weight excluding hydrogens is 298 g/mol. The second-order valence-electron chi connectivity index (χ2n) is 6.71. The minimum absolute atomic E-state index is 0.416. The van der Waals surface area contributed by atoms with Crippen LogP contribution in [-0.2, 0) is 6.42 Å². The molecule has 1 aliphatic heterocycles. The number of nitrogens with one attached hydrogen (secondary N) is 1.